The number of hydrogen-bond donors (Lipinski definition) is 1. The average Bonchev–Trinajstić information content (AvgIpc) is 2.77. The highest BCUT2D eigenvalue weighted by Crippen LogP contribution is 2.30. The van der Waals surface area contributed by atoms with Gasteiger partial charge in [0.2, 0.25) is 0 Å². The minimum Gasteiger partial charge on any atom is -0.484 e. The molecule has 1 aliphatic rings. The van der Waals surface area contributed by atoms with Crippen LogP contribution in [0.4, 0.5) is 0 Å². The number of carbonyl (C=O) groups excluding carboxylic acids is 3. The Balaban J connectivity index is 2.30. The Morgan fingerprint density at radius 2 is 1.88 bits per heavy atom. The summed E-state index contributed by atoms with van der Waals surface area (Å²) in [6, 6.07) is 6.71. The molecule has 2 rings (SSSR count). The number of nitrogens with two attached hydrogens (primary N) is 1. The zero-order valence-electron chi connectivity index (χ0n) is 13.7. The van der Waals surface area contributed by atoms with E-state index in [1.807, 2.05) is 0 Å². The van der Waals surface area contributed by atoms with E-state index in [0.29, 0.717) is 17.0 Å². The highest BCUT2D eigenvalue weighted by Gasteiger charge is 2.34. The van der Waals surface area contributed by atoms with Gasteiger partial charge < -0.3 is 20.1 Å². The summed E-state index contributed by atoms with van der Waals surface area (Å²) in [4.78, 5) is 36.4. The number of carbonyl (C=O) groups is 3. The number of hydrogen-bond acceptors (Lipinski definition) is 5. The van der Waals surface area contributed by atoms with Gasteiger partial charge in [0.25, 0.3) is 11.8 Å². The normalized spacial score (nSPS) is 15.9. The molecule has 7 nitrogen and oxygen atoms in total. The van der Waals surface area contributed by atoms with Crippen molar-refractivity contribution in [3.8, 4) is 5.75 Å². The van der Waals surface area contributed by atoms with Gasteiger partial charge in [-0.15, -0.1) is 0 Å². The molecule has 1 heterocycles. The third kappa shape index (κ3) is 3.45. The van der Waals surface area contributed by atoms with E-state index < -0.39 is 11.9 Å². The fraction of sp³-hybridized carbons (Fsp3) is 0.235. The molecule has 0 atom stereocenters. The van der Waals surface area contributed by atoms with E-state index in [9.17, 15) is 14.4 Å². The number of methoxy groups -OCH3 is 1. The molecule has 126 valence electrons. The van der Waals surface area contributed by atoms with Crippen LogP contribution in [0.3, 0.4) is 0 Å². The molecule has 1 aromatic carbocycles. The quantitative estimate of drug-likeness (QED) is 0.637. The summed E-state index contributed by atoms with van der Waals surface area (Å²) in [5, 5.41) is 0. The molecule has 24 heavy (non-hydrogen) atoms. The van der Waals surface area contributed by atoms with Crippen molar-refractivity contribution in [2.24, 2.45) is 5.73 Å². The first-order chi connectivity index (χ1) is 11.3. The number of nitrogens with zero attached hydrogens (tertiary/aromatic N) is 1. The van der Waals surface area contributed by atoms with Crippen LogP contribution in [0.15, 0.2) is 41.1 Å². The van der Waals surface area contributed by atoms with Crippen LogP contribution in [0.5, 0.6) is 5.75 Å². The summed E-state index contributed by atoms with van der Waals surface area (Å²) in [5.74, 6) is -0.922. The van der Waals surface area contributed by atoms with Crippen molar-refractivity contribution in [1.82, 2.24) is 4.90 Å². The molecule has 0 saturated heterocycles. The number of esters is 1. The summed E-state index contributed by atoms with van der Waals surface area (Å²) >= 11 is 0. The number of primary amides is 1. The lowest BCUT2D eigenvalue weighted by Gasteiger charge is -2.08. The van der Waals surface area contributed by atoms with Gasteiger partial charge in [-0.25, -0.2) is 4.79 Å². The van der Waals surface area contributed by atoms with Crippen molar-refractivity contribution >= 4 is 23.9 Å². The van der Waals surface area contributed by atoms with Gasteiger partial charge in [0, 0.05) is 12.7 Å². The van der Waals surface area contributed by atoms with Crippen molar-refractivity contribution in [1.29, 1.82) is 0 Å². The first-order valence-electron chi connectivity index (χ1n) is 7.15. The molecule has 0 unspecified atom stereocenters. The minimum atomic E-state index is -0.566. The predicted octanol–water partition coefficient (Wildman–Crippen LogP) is 0.853. The number of likely N-dealkylation sites (N-methyl/N-ethyl adjacent to an activating group) is 1. The van der Waals surface area contributed by atoms with Gasteiger partial charge in [-0.05, 0) is 30.7 Å². The van der Waals surface area contributed by atoms with E-state index in [1.165, 1.54) is 12.0 Å². The fourth-order valence-corrected chi connectivity index (χ4v) is 2.28. The van der Waals surface area contributed by atoms with Gasteiger partial charge in [0.1, 0.15) is 5.75 Å². The molecule has 0 fully saturated rings. The second kappa shape index (κ2) is 6.99. The molecule has 2 N–H and O–H groups in total. The van der Waals surface area contributed by atoms with E-state index >= 15 is 0 Å². The molecular weight excluding hydrogens is 312 g/mol. The highest BCUT2D eigenvalue weighted by atomic mass is 16.5. The molecule has 0 saturated carbocycles. The van der Waals surface area contributed by atoms with Crippen molar-refractivity contribution in [2.45, 2.75) is 6.92 Å². The van der Waals surface area contributed by atoms with Crippen molar-refractivity contribution in [3.05, 3.63) is 46.7 Å². The van der Waals surface area contributed by atoms with Crippen molar-refractivity contribution in [2.75, 3.05) is 20.8 Å². The van der Waals surface area contributed by atoms with Crippen LogP contribution in [0.25, 0.3) is 6.08 Å². The maximum atomic E-state index is 12.3. The average molecular weight is 330 g/mol. The first kappa shape index (κ1) is 17.3. The smallest absolute Gasteiger partial charge is 0.340 e. The maximum Gasteiger partial charge on any atom is 0.340 e. The minimum absolute atomic E-state index is 0.210. The number of ether oxygens (including phenoxy) is 2. The lowest BCUT2D eigenvalue weighted by atomic mass is 10.0. The predicted molar refractivity (Wildman–Crippen MR) is 86.6 cm³/mol. The molecule has 0 spiro atoms. The molecule has 2 amide bonds. The lowest BCUT2D eigenvalue weighted by molar-refractivity contribution is -0.136. The number of allylic oxidation sites excluding steroid dienone is 1. The van der Waals surface area contributed by atoms with Crippen molar-refractivity contribution < 1.29 is 23.9 Å². The largest absolute Gasteiger partial charge is 0.484 e. The molecular formula is C17H18N2O5. The number of amides is 2. The Kier molecular flexibility index (Phi) is 5.03. The second-order valence-corrected chi connectivity index (χ2v) is 5.20. The van der Waals surface area contributed by atoms with Crippen LogP contribution in [0, 0.1) is 0 Å². The fourth-order valence-electron chi connectivity index (χ4n) is 2.28. The van der Waals surface area contributed by atoms with Crippen LogP contribution < -0.4 is 10.5 Å². The lowest BCUT2D eigenvalue weighted by Crippen LogP contribution is -2.20. The third-order valence-electron chi connectivity index (χ3n) is 3.63. The van der Waals surface area contributed by atoms with Crippen LogP contribution in [0.1, 0.15) is 12.5 Å². The third-order valence-corrected chi connectivity index (χ3v) is 3.63. The molecule has 0 aromatic heterocycles. The number of rotatable bonds is 5. The molecule has 7 heteroatoms. The van der Waals surface area contributed by atoms with Crippen LogP contribution >= 0.6 is 0 Å². The van der Waals surface area contributed by atoms with Crippen LogP contribution in [0.2, 0.25) is 0 Å². The SMILES string of the molecule is COC(=O)C1=C(C)N(C)C(=O)C1=Cc1ccc(OCC(N)=O)cc1. The van der Waals surface area contributed by atoms with E-state index in [1.54, 1.807) is 44.3 Å². The maximum absolute atomic E-state index is 12.3. The van der Waals surface area contributed by atoms with Crippen molar-refractivity contribution in [3.63, 3.8) is 0 Å². The van der Waals surface area contributed by atoms with E-state index in [2.05, 4.69) is 0 Å². The Bertz CT molecular complexity index is 747. The molecule has 0 radical (unpaired) electrons. The number of benzene rings is 1. The standard InChI is InChI=1S/C17H18N2O5/c1-10-15(17(22)23-3)13(16(21)19(10)2)8-11-4-6-12(7-5-11)24-9-14(18)20/h4-8H,9H2,1-3H3,(H2,18,20). The van der Waals surface area contributed by atoms with E-state index in [4.69, 9.17) is 15.2 Å². The first-order valence-corrected chi connectivity index (χ1v) is 7.15. The molecule has 0 bridgehead atoms. The van der Waals surface area contributed by atoms with Gasteiger partial charge >= 0.3 is 5.97 Å². The van der Waals surface area contributed by atoms with E-state index in [-0.39, 0.29) is 23.7 Å². The Hall–Kier alpha value is -3.09. The Morgan fingerprint density at radius 3 is 2.42 bits per heavy atom. The van der Waals surface area contributed by atoms with E-state index in [0.717, 1.165) is 0 Å². The topological polar surface area (TPSA) is 98.9 Å². The van der Waals surface area contributed by atoms with Gasteiger partial charge in [-0.3, -0.25) is 9.59 Å². The van der Waals surface area contributed by atoms with Crippen LogP contribution in [-0.4, -0.2) is 43.4 Å². The molecule has 1 aliphatic heterocycles. The highest BCUT2D eigenvalue weighted by molar-refractivity contribution is 6.16. The van der Waals surface area contributed by atoms with Gasteiger partial charge in [-0.2, -0.15) is 0 Å². The zero-order valence-corrected chi connectivity index (χ0v) is 13.7. The van der Waals surface area contributed by atoms with Gasteiger partial charge in [0.15, 0.2) is 6.61 Å². The zero-order chi connectivity index (χ0) is 17.9. The summed E-state index contributed by atoms with van der Waals surface area (Å²) < 4.78 is 9.93. The van der Waals surface area contributed by atoms with Gasteiger partial charge in [0.05, 0.1) is 18.3 Å². The summed E-state index contributed by atoms with van der Waals surface area (Å²) in [5.41, 5.74) is 6.78. The monoisotopic (exact) mass is 330 g/mol. The summed E-state index contributed by atoms with van der Waals surface area (Å²) in [7, 11) is 2.87. The molecule has 1 aromatic rings. The second-order valence-electron chi connectivity index (χ2n) is 5.20. The van der Waals surface area contributed by atoms with Crippen LogP contribution in [-0.2, 0) is 19.1 Å². The summed E-state index contributed by atoms with van der Waals surface area (Å²) in [6.45, 7) is 1.48. The molecule has 0 aliphatic carbocycles. The van der Waals surface area contributed by atoms with Gasteiger partial charge in [-0.1, -0.05) is 12.1 Å². The Morgan fingerprint density at radius 1 is 1.25 bits per heavy atom. The Labute approximate surface area is 139 Å². The summed E-state index contributed by atoms with van der Waals surface area (Å²) in [6.07, 6.45) is 1.61.